The van der Waals surface area contributed by atoms with Gasteiger partial charge in [0.15, 0.2) is 0 Å². The Hall–Kier alpha value is -10.9. The third-order valence-electron chi connectivity index (χ3n) is 22.2. The summed E-state index contributed by atoms with van der Waals surface area (Å²) in [6.45, 7) is 35.2. The van der Waals surface area contributed by atoms with Crippen LogP contribution in [0.4, 0.5) is 34.1 Å². The summed E-state index contributed by atoms with van der Waals surface area (Å²) in [5.74, 6) is 0. The first-order chi connectivity index (χ1) is 49.3. The fourth-order valence-electron chi connectivity index (χ4n) is 16.9. The molecule has 2 aliphatic rings. The highest BCUT2D eigenvalue weighted by Gasteiger charge is 2.46. The summed E-state index contributed by atoms with van der Waals surface area (Å²) in [6.07, 6.45) is 0. The second-order valence-electron chi connectivity index (χ2n) is 34.2. The smallest absolute Gasteiger partial charge is 0.252 e. The highest BCUT2D eigenvalue weighted by Crippen LogP contribution is 2.53. The molecule has 0 atom stereocenters. The van der Waals surface area contributed by atoms with Crippen molar-refractivity contribution in [2.75, 3.05) is 9.80 Å². The molecule has 0 fully saturated rings. The van der Waals surface area contributed by atoms with Gasteiger partial charge in [0.05, 0.1) is 33.4 Å². The Morgan fingerprint density at radius 3 is 0.903 bits per heavy atom. The predicted molar refractivity (Wildman–Crippen MR) is 444 cm³/mol. The Balaban J connectivity index is 1.03. The zero-order chi connectivity index (χ0) is 71.4. The number of rotatable bonds is 8. The lowest BCUT2D eigenvalue weighted by Crippen LogP contribution is -2.61. The average Bonchev–Trinajstić information content (AvgIpc) is 0.954. The minimum atomic E-state index is -0.310. The Labute approximate surface area is 609 Å². The monoisotopic (exact) mass is 1330 g/mol. The Bertz CT molecular complexity index is 5450. The summed E-state index contributed by atoms with van der Waals surface area (Å²) < 4.78 is 5.01. The summed E-state index contributed by atoms with van der Waals surface area (Å²) in [7, 11) is 0. The quantitative estimate of drug-likeness (QED) is 0.141. The lowest BCUT2D eigenvalue weighted by Gasteiger charge is -2.46. The van der Waals surface area contributed by atoms with Crippen LogP contribution in [0.3, 0.4) is 0 Å². The van der Waals surface area contributed by atoms with Gasteiger partial charge in [0.2, 0.25) is 0 Å². The third-order valence-corrected chi connectivity index (χ3v) is 22.2. The van der Waals surface area contributed by atoms with Gasteiger partial charge in [-0.05, 0) is 177 Å². The molecule has 103 heavy (non-hydrogen) atoms. The van der Waals surface area contributed by atoms with E-state index in [2.05, 4.69) is 402 Å². The summed E-state index contributed by atoms with van der Waals surface area (Å²) in [5, 5.41) is 4.94. The standard InChI is InChI=1S/C98H91BN4/c1-94(2,3)66-44-50-71(79(56-66)97(10,11)12)64-42-48-73(62-30-18-16-19-31-62)87(54-64)102-89-60-69(100-83-38-26-22-34-75(83)76-35-23-27-39-84(76)100)46-52-81(89)99-82-53-47-70(101-85-40-28-24-36-77(85)78-37-25-29-41-86(78)101)61-90(82)103(92-59-68(96(7,8)9)58-91(102)93(92)99)88-55-65(43-49-74(88)63-32-20-17-21-33-63)72-51-45-67(95(4,5)6)57-80(72)98(13,14)15/h16-61H,1-15H3. The van der Waals surface area contributed by atoms with E-state index in [1.54, 1.807) is 0 Å². The number of fused-ring (bicyclic) bond motifs is 10. The maximum Gasteiger partial charge on any atom is 0.252 e. The molecule has 506 valence electrons. The molecule has 0 saturated carbocycles. The van der Waals surface area contributed by atoms with Crippen LogP contribution in [0.15, 0.2) is 279 Å². The van der Waals surface area contributed by atoms with Crippen LogP contribution in [-0.2, 0) is 27.1 Å². The molecule has 0 bridgehead atoms. The highest BCUT2D eigenvalue weighted by molar-refractivity contribution is 7.00. The van der Waals surface area contributed by atoms with Crippen LogP contribution in [0.1, 0.15) is 132 Å². The number of para-hydroxylation sites is 4. The van der Waals surface area contributed by atoms with E-state index < -0.39 is 0 Å². The van der Waals surface area contributed by atoms with Gasteiger partial charge < -0.3 is 18.9 Å². The molecular formula is C98H91BN4. The van der Waals surface area contributed by atoms with Crippen LogP contribution in [-0.4, -0.2) is 15.8 Å². The minimum Gasteiger partial charge on any atom is -0.311 e. The van der Waals surface area contributed by atoms with Crippen molar-refractivity contribution in [1.82, 2.24) is 9.13 Å². The summed E-state index contributed by atoms with van der Waals surface area (Å²) in [6, 6.07) is 107. The van der Waals surface area contributed by atoms with Crippen molar-refractivity contribution in [2.24, 2.45) is 0 Å². The van der Waals surface area contributed by atoms with Crippen molar-refractivity contribution in [3.63, 3.8) is 0 Å². The molecule has 0 N–H and O–H groups in total. The second kappa shape index (κ2) is 23.9. The molecule has 0 spiro atoms. The molecule has 5 heteroatoms. The lowest BCUT2D eigenvalue weighted by molar-refractivity contribution is 0.569. The normalized spacial score (nSPS) is 13.3. The first kappa shape index (κ1) is 65.4. The topological polar surface area (TPSA) is 16.3 Å². The van der Waals surface area contributed by atoms with Gasteiger partial charge in [-0.3, -0.25) is 0 Å². The Morgan fingerprint density at radius 2 is 0.563 bits per heavy atom. The van der Waals surface area contributed by atoms with E-state index in [1.165, 1.54) is 121 Å². The Morgan fingerprint density at radius 1 is 0.233 bits per heavy atom. The molecule has 0 aliphatic carbocycles. The van der Waals surface area contributed by atoms with Gasteiger partial charge in [-0.25, -0.2) is 0 Å². The molecule has 13 aromatic carbocycles. The van der Waals surface area contributed by atoms with Crippen LogP contribution in [0, 0.1) is 0 Å². The maximum absolute atomic E-state index is 2.71. The summed E-state index contributed by atoms with van der Waals surface area (Å²) in [5.41, 5.74) is 32.9. The van der Waals surface area contributed by atoms with Crippen LogP contribution < -0.4 is 26.2 Å². The van der Waals surface area contributed by atoms with E-state index in [9.17, 15) is 0 Å². The van der Waals surface area contributed by atoms with Crippen LogP contribution in [0.25, 0.3) is 99.5 Å². The largest absolute Gasteiger partial charge is 0.311 e. The number of aromatic nitrogens is 2. The molecule has 2 aromatic heterocycles. The predicted octanol–water partition coefficient (Wildman–Crippen LogP) is 25.1. The van der Waals surface area contributed by atoms with E-state index in [4.69, 9.17) is 0 Å². The number of hydrogen-bond acceptors (Lipinski definition) is 2. The van der Waals surface area contributed by atoms with Gasteiger partial charge in [0.1, 0.15) is 0 Å². The van der Waals surface area contributed by atoms with Crippen molar-refractivity contribution >= 4 is 101 Å². The fraction of sp³-hybridized carbons (Fsp3) is 0.204. The third kappa shape index (κ3) is 10.9. The molecule has 4 heterocycles. The van der Waals surface area contributed by atoms with E-state index in [-0.39, 0.29) is 33.8 Å². The van der Waals surface area contributed by atoms with Gasteiger partial charge in [-0.2, -0.15) is 0 Å². The fourth-order valence-corrected chi connectivity index (χ4v) is 16.9. The summed E-state index contributed by atoms with van der Waals surface area (Å²) in [4.78, 5) is 5.42. The molecule has 15 aromatic rings. The molecular weight excluding hydrogens is 1240 g/mol. The summed E-state index contributed by atoms with van der Waals surface area (Å²) >= 11 is 0. The lowest BCUT2D eigenvalue weighted by atomic mass is 9.33. The molecule has 2 aliphatic heterocycles. The number of nitrogens with zero attached hydrogens (tertiary/aromatic N) is 4. The van der Waals surface area contributed by atoms with Crippen molar-refractivity contribution in [3.05, 3.63) is 307 Å². The number of anilines is 6. The van der Waals surface area contributed by atoms with Gasteiger partial charge in [-0.15, -0.1) is 0 Å². The van der Waals surface area contributed by atoms with Crippen molar-refractivity contribution < 1.29 is 0 Å². The van der Waals surface area contributed by atoms with Crippen LogP contribution in [0.5, 0.6) is 0 Å². The first-order valence-corrected chi connectivity index (χ1v) is 37.0. The van der Waals surface area contributed by atoms with Crippen LogP contribution >= 0.6 is 0 Å². The first-order valence-electron chi connectivity index (χ1n) is 37.0. The molecule has 0 radical (unpaired) electrons. The van der Waals surface area contributed by atoms with Crippen molar-refractivity contribution in [1.29, 1.82) is 0 Å². The zero-order valence-corrected chi connectivity index (χ0v) is 62.4. The molecule has 0 amide bonds. The van der Waals surface area contributed by atoms with Crippen LogP contribution in [0.2, 0.25) is 0 Å². The van der Waals surface area contributed by atoms with E-state index >= 15 is 0 Å². The van der Waals surface area contributed by atoms with Gasteiger partial charge >= 0.3 is 0 Å². The van der Waals surface area contributed by atoms with E-state index in [0.29, 0.717) is 0 Å². The Kier molecular flexibility index (Phi) is 15.2. The van der Waals surface area contributed by atoms with Crippen molar-refractivity contribution in [2.45, 2.75) is 131 Å². The van der Waals surface area contributed by atoms with Gasteiger partial charge in [0, 0.05) is 66.8 Å². The minimum absolute atomic E-state index is 0.0322. The molecule has 0 unspecified atom stereocenters. The zero-order valence-electron chi connectivity index (χ0n) is 62.4. The van der Waals surface area contributed by atoms with E-state index in [0.717, 1.165) is 56.4 Å². The van der Waals surface area contributed by atoms with E-state index in [1.807, 2.05) is 0 Å². The molecule has 0 saturated heterocycles. The number of hydrogen-bond donors (Lipinski definition) is 0. The number of benzene rings is 13. The maximum atomic E-state index is 2.71. The average molecular weight is 1340 g/mol. The molecule has 17 rings (SSSR count). The second-order valence-corrected chi connectivity index (χ2v) is 34.2. The highest BCUT2D eigenvalue weighted by atomic mass is 15.2. The van der Waals surface area contributed by atoms with Crippen molar-refractivity contribution in [3.8, 4) is 55.9 Å². The molecule has 4 nitrogen and oxygen atoms in total. The van der Waals surface area contributed by atoms with Gasteiger partial charge in [-0.1, -0.05) is 310 Å². The SMILES string of the molecule is CC(C)(C)c1cc2c3c(c1)N(c1cc(-c4ccc(C(C)(C)C)cc4C(C)(C)C)ccc1-c1ccccc1)c1cc(-n4c5ccccc5c5ccccc54)ccc1B3c1ccc(-n3c4ccccc4c4ccccc43)cc1N2c1cc(-c2ccc(C(C)(C)C)cc2C(C)(C)C)ccc1-c1ccccc1. The van der Waals surface area contributed by atoms with Gasteiger partial charge in [0.25, 0.3) is 6.71 Å².